The number of anilines is 2. The topological polar surface area (TPSA) is 6.48 Å². The second-order valence-electron chi connectivity index (χ2n) is 10.2. The van der Waals surface area contributed by atoms with Crippen molar-refractivity contribution in [2.45, 2.75) is 0 Å². The van der Waals surface area contributed by atoms with E-state index in [1.807, 2.05) is 0 Å². The molecule has 34 heavy (non-hydrogen) atoms. The minimum absolute atomic E-state index is 1.32. The van der Waals surface area contributed by atoms with Crippen molar-refractivity contribution in [3.8, 4) is 0 Å². The third-order valence-electron chi connectivity index (χ3n) is 7.96. The van der Waals surface area contributed by atoms with Crippen molar-refractivity contribution < 1.29 is 0 Å². The molecule has 0 spiro atoms. The van der Waals surface area contributed by atoms with Crippen LogP contribution in [0.15, 0.2) is 72.8 Å². The number of hydrogen-bond acceptors (Lipinski definition) is 2. The highest BCUT2D eigenvalue weighted by atomic mass is 15.1. The SMILES string of the molecule is CN(C)c1c2ccc3cccc4cc5c(N(C)C)c6ccc7cccc8cc1c(c6c78)c5c2c34. The zero-order valence-electron chi connectivity index (χ0n) is 19.8. The maximum atomic E-state index is 2.43. The van der Waals surface area contributed by atoms with E-state index in [4.69, 9.17) is 0 Å². The monoisotopic (exact) mass is 436 g/mol. The molecule has 0 saturated heterocycles. The molecule has 0 aliphatic heterocycles. The lowest BCUT2D eigenvalue weighted by Crippen LogP contribution is -2.12. The molecule has 8 rings (SSSR count). The number of rotatable bonds is 2. The first kappa shape index (κ1) is 18.4. The molecule has 0 unspecified atom stereocenters. The first-order valence-electron chi connectivity index (χ1n) is 12.0. The van der Waals surface area contributed by atoms with Crippen molar-refractivity contribution in [2.75, 3.05) is 38.0 Å². The molecule has 0 bridgehead atoms. The molecule has 0 aromatic heterocycles. The van der Waals surface area contributed by atoms with Crippen LogP contribution in [0, 0.1) is 0 Å². The van der Waals surface area contributed by atoms with Crippen LogP contribution in [0.2, 0.25) is 0 Å². The number of benzene rings is 8. The molecule has 2 heteroatoms. The molecule has 0 aliphatic carbocycles. The summed E-state index contributed by atoms with van der Waals surface area (Å²) in [6.07, 6.45) is 0. The van der Waals surface area contributed by atoms with Gasteiger partial charge in [0.25, 0.3) is 0 Å². The summed E-state index contributed by atoms with van der Waals surface area (Å²) in [5.74, 6) is 0. The Hall–Kier alpha value is -4.04. The maximum absolute atomic E-state index is 2.43. The normalized spacial score (nSPS) is 12.7. The Morgan fingerprint density at radius 3 is 1.18 bits per heavy atom. The van der Waals surface area contributed by atoms with Crippen molar-refractivity contribution in [3.05, 3.63) is 72.8 Å². The molecule has 0 amide bonds. The molecule has 162 valence electrons. The Kier molecular flexibility index (Phi) is 3.19. The standard InChI is InChI=1S/C32H24N2/c1-33(2)31-21-13-11-17-7-6-10-20-16-24-30(27(21)25(17)20)29-23(31)15-19-9-5-8-18-12-14-22(28(29)26(18)19)32(24)34(3)4/h5-16H,1-4H3. The molecule has 8 aromatic rings. The van der Waals surface area contributed by atoms with Gasteiger partial charge in [-0.2, -0.15) is 0 Å². The van der Waals surface area contributed by atoms with Gasteiger partial charge < -0.3 is 9.80 Å². The third-order valence-corrected chi connectivity index (χ3v) is 7.96. The van der Waals surface area contributed by atoms with E-state index < -0.39 is 0 Å². The Bertz CT molecular complexity index is 1910. The quantitative estimate of drug-likeness (QED) is 0.199. The summed E-state index contributed by atoms with van der Waals surface area (Å²) in [6, 6.07) is 27.6. The molecule has 0 atom stereocenters. The van der Waals surface area contributed by atoms with Gasteiger partial charge in [-0.25, -0.2) is 0 Å². The van der Waals surface area contributed by atoms with Gasteiger partial charge in [0.2, 0.25) is 0 Å². The predicted molar refractivity (Wildman–Crippen MR) is 151 cm³/mol. The number of nitrogens with zero attached hydrogens (tertiary/aromatic N) is 2. The second-order valence-corrected chi connectivity index (χ2v) is 10.2. The summed E-state index contributed by atoms with van der Waals surface area (Å²) in [4.78, 5) is 4.62. The highest BCUT2D eigenvalue weighted by molar-refractivity contribution is 6.47. The molecule has 0 aliphatic rings. The molecule has 8 aromatic carbocycles. The Morgan fingerprint density at radius 2 is 0.765 bits per heavy atom. The summed E-state index contributed by atoms with van der Waals surface area (Å²) in [5, 5.41) is 19.1. The van der Waals surface area contributed by atoms with E-state index in [1.165, 1.54) is 86.8 Å². The van der Waals surface area contributed by atoms with Gasteiger partial charge >= 0.3 is 0 Å². The van der Waals surface area contributed by atoms with E-state index in [2.05, 4.69) is 111 Å². The van der Waals surface area contributed by atoms with E-state index in [9.17, 15) is 0 Å². The Balaban J connectivity index is 1.88. The van der Waals surface area contributed by atoms with Crippen molar-refractivity contribution in [1.29, 1.82) is 0 Å². The van der Waals surface area contributed by atoms with Gasteiger partial charge in [0.1, 0.15) is 0 Å². The highest BCUT2D eigenvalue weighted by Crippen LogP contribution is 2.54. The molecular weight excluding hydrogens is 412 g/mol. The van der Waals surface area contributed by atoms with Gasteiger partial charge in [0, 0.05) is 71.3 Å². The van der Waals surface area contributed by atoms with Crippen LogP contribution in [0.5, 0.6) is 0 Å². The molecule has 0 N–H and O–H groups in total. The van der Waals surface area contributed by atoms with E-state index in [0.29, 0.717) is 0 Å². The van der Waals surface area contributed by atoms with Crippen LogP contribution in [-0.2, 0) is 0 Å². The van der Waals surface area contributed by atoms with Crippen LogP contribution in [0.1, 0.15) is 0 Å². The van der Waals surface area contributed by atoms with Crippen LogP contribution >= 0.6 is 0 Å². The smallest absolute Gasteiger partial charge is 0.0521 e. The van der Waals surface area contributed by atoms with Gasteiger partial charge in [-0.15, -0.1) is 0 Å². The van der Waals surface area contributed by atoms with Crippen molar-refractivity contribution in [1.82, 2.24) is 0 Å². The lowest BCUT2D eigenvalue weighted by atomic mass is 9.81. The lowest BCUT2D eigenvalue weighted by Gasteiger charge is -2.28. The van der Waals surface area contributed by atoms with Crippen LogP contribution in [-0.4, -0.2) is 28.2 Å². The third kappa shape index (κ3) is 1.95. The van der Waals surface area contributed by atoms with E-state index in [-0.39, 0.29) is 0 Å². The Morgan fingerprint density at radius 1 is 0.382 bits per heavy atom. The van der Waals surface area contributed by atoms with Crippen LogP contribution in [0.25, 0.3) is 75.4 Å². The fourth-order valence-electron chi connectivity index (χ4n) is 6.84. The molecule has 0 saturated carbocycles. The average molecular weight is 437 g/mol. The first-order valence-corrected chi connectivity index (χ1v) is 12.0. The molecular formula is C32H24N2. The minimum atomic E-state index is 1.32. The minimum Gasteiger partial charge on any atom is -0.377 e. The number of hydrogen-bond donors (Lipinski definition) is 0. The van der Waals surface area contributed by atoms with Gasteiger partial charge in [0.15, 0.2) is 0 Å². The zero-order chi connectivity index (χ0) is 22.9. The molecule has 0 radical (unpaired) electrons. The van der Waals surface area contributed by atoms with Gasteiger partial charge in [-0.3, -0.25) is 0 Å². The highest BCUT2D eigenvalue weighted by Gasteiger charge is 2.26. The van der Waals surface area contributed by atoms with Crippen molar-refractivity contribution >= 4 is 86.8 Å². The summed E-state index contributed by atoms with van der Waals surface area (Å²) in [5.41, 5.74) is 2.63. The van der Waals surface area contributed by atoms with Crippen LogP contribution in [0.3, 0.4) is 0 Å². The largest absolute Gasteiger partial charge is 0.377 e. The van der Waals surface area contributed by atoms with E-state index >= 15 is 0 Å². The van der Waals surface area contributed by atoms with E-state index in [0.717, 1.165) is 0 Å². The molecule has 0 heterocycles. The summed E-state index contributed by atoms with van der Waals surface area (Å²) in [7, 11) is 8.75. The van der Waals surface area contributed by atoms with Crippen molar-refractivity contribution in [2.24, 2.45) is 0 Å². The Labute approximate surface area is 197 Å². The summed E-state index contributed by atoms with van der Waals surface area (Å²) in [6.45, 7) is 0. The molecule has 0 fully saturated rings. The molecule has 2 nitrogen and oxygen atoms in total. The lowest BCUT2D eigenvalue weighted by molar-refractivity contribution is 1.15. The van der Waals surface area contributed by atoms with Crippen molar-refractivity contribution in [3.63, 3.8) is 0 Å². The van der Waals surface area contributed by atoms with Gasteiger partial charge in [-0.05, 0) is 44.5 Å². The van der Waals surface area contributed by atoms with Crippen LogP contribution < -0.4 is 9.80 Å². The first-order chi connectivity index (χ1) is 16.5. The fraction of sp³-hybridized carbons (Fsp3) is 0.125. The van der Waals surface area contributed by atoms with Gasteiger partial charge in [-0.1, -0.05) is 60.7 Å². The average Bonchev–Trinajstić information content (AvgIpc) is 2.83. The fourth-order valence-corrected chi connectivity index (χ4v) is 6.84. The maximum Gasteiger partial charge on any atom is 0.0521 e. The van der Waals surface area contributed by atoms with Gasteiger partial charge in [0.05, 0.1) is 11.4 Å². The second kappa shape index (κ2) is 5.90. The summed E-state index contributed by atoms with van der Waals surface area (Å²) >= 11 is 0. The zero-order valence-corrected chi connectivity index (χ0v) is 19.8. The van der Waals surface area contributed by atoms with E-state index in [1.54, 1.807) is 0 Å². The summed E-state index contributed by atoms with van der Waals surface area (Å²) < 4.78 is 0. The predicted octanol–water partition coefficient (Wildman–Crippen LogP) is 8.20. The van der Waals surface area contributed by atoms with Crippen LogP contribution in [0.4, 0.5) is 11.4 Å².